The molecule has 0 fully saturated rings. The number of hydrogen-bond acceptors (Lipinski definition) is 2. The van der Waals surface area contributed by atoms with Crippen LogP contribution >= 0.6 is 23.2 Å². The first-order valence-electron chi connectivity index (χ1n) is 9.89. The Morgan fingerprint density at radius 1 is 0.939 bits per heavy atom. The molecule has 3 nitrogen and oxygen atoms in total. The normalized spacial score (nSPS) is 11.6. The minimum Gasteiger partial charge on any atom is -0.321 e. The standard InChI is InChI=1S/C25H17Cl2F3N2O/c1-13-9-14(2)23-18(10-13)19(12-21(31-23)15-3-6-17(26)7-4-15)24(33)32-22-11-16(25(28,29)30)5-8-20(22)27/h3-12H,1-2H3,(H,32,33). The first kappa shape index (κ1) is 23.1. The Kier molecular flexibility index (Phi) is 6.08. The van der Waals surface area contributed by atoms with Gasteiger partial charge in [0.1, 0.15) is 0 Å². The van der Waals surface area contributed by atoms with Crippen LogP contribution in [0.25, 0.3) is 22.2 Å². The maximum Gasteiger partial charge on any atom is 0.416 e. The second kappa shape index (κ2) is 8.69. The summed E-state index contributed by atoms with van der Waals surface area (Å²) in [6.07, 6.45) is -4.57. The zero-order valence-electron chi connectivity index (χ0n) is 17.5. The van der Waals surface area contributed by atoms with E-state index in [4.69, 9.17) is 28.2 Å². The van der Waals surface area contributed by atoms with E-state index >= 15 is 0 Å². The molecule has 4 aromatic rings. The Morgan fingerprint density at radius 3 is 2.30 bits per heavy atom. The van der Waals surface area contributed by atoms with Crippen molar-refractivity contribution in [3.8, 4) is 11.3 Å². The summed E-state index contributed by atoms with van der Waals surface area (Å²) in [7, 11) is 0. The molecule has 0 saturated carbocycles. The van der Waals surface area contributed by atoms with E-state index < -0.39 is 17.6 Å². The number of carbonyl (C=O) groups excluding carboxylic acids is 1. The van der Waals surface area contributed by atoms with Gasteiger partial charge in [0.2, 0.25) is 0 Å². The Bertz CT molecular complexity index is 1380. The lowest BCUT2D eigenvalue weighted by Gasteiger charge is -2.15. The van der Waals surface area contributed by atoms with Crippen LogP contribution in [0.4, 0.5) is 18.9 Å². The van der Waals surface area contributed by atoms with E-state index in [1.807, 2.05) is 26.0 Å². The Hall–Kier alpha value is -3.09. The van der Waals surface area contributed by atoms with Crippen molar-refractivity contribution >= 4 is 45.7 Å². The number of aromatic nitrogens is 1. The van der Waals surface area contributed by atoms with Gasteiger partial charge in [-0.1, -0.05) is 47.0 Å². The number of aryl methyl sites for hydroxylation is 2. The van der Waals surface area contributed by atoms with Crippen LogP contribution in [0.1, 0.15) is 27.0 Å². The molecule has 4 rings (SSSR count). The summed E-state index contributed by atoms with van der Waals surface area (Å²) in [5.74, 6) is -0.594. The number of fused-ring (bicyclic) bond motifs is 1. The van der Waals surface area contributed by atoms with Crippen LogP contribution in [0.3, 0.4) is 0 Å². The molecule has 0 aliphatic heterocycles. The number of hydrogen-bond donors (Lipinski definition) is 1. The van der Waals surface area contributed by atoms with E-state index in [0.717, 1.165) is 34.9 Å². The highest BCUT2D eigenvalue weighted by molar-refractivity contribution is 6.34. The Labute approximate surface area is 198 Å². The molecule has 1 heterocycles. The maximum absolute atomic E-state index is 13.3. The quantitative estimate of drug-likeness (QED) is 0.316. The van der Waals surface area contributed by atoms with Crippen LogP contribution in [-0.2, 0) is 6.18 Å². The molecule has 0 spiro atoms. The third kappa shape index (κ3) is 4.82. The van der Waals surface area contributed by atoms with Crippen molar-refractivity contribution in [2.24, 2.45) is 0 Å². The highest BCUT2D eigenvalue weighted by atomic mass is 35.5. The molecule has 0 atom stereocenters. The summed E-state index contributed by atoms with van der Waals surface area (Å²) in [5.41, 5.74) is 2.92. The first-order valence-corrected chi connectivity index (χ1v) is 10.6. The fourth-order valence-corrected chi connectivity index (χ4v) is 3.92. The van der Waals surface area contributed by atoms with Gasteiger partial charge in [-0.15, -0.1) is 0 Å². The van der Waals surface area contributed by atoms with Gasteiger partial charge in [0.25, 0.3) is 5.91 Å². The van der Waals surface area contributed by atoms with E-state index in [2.05, 4.69) is 5.32 Å². The maximum atomic E-state index is 13.3. The van der Waals surface area contributed by atoms with Gasteiger partial charge in [0.15, 0.2) is 0 Å². The average Bonchev–Trinajstić information content (AvgIpc) is 2.74. The molecular weight excluding hydrogens is 472 g/mol. The molecule has 1 aromatic heterocycles. The molecule has 33 heavy (non-hydrogen) atoms. The van der Waals surface area contributed by atoms with Crippen LogP contribution in [0.2, 0.25) is 10.0 Å². The van der Waals surface area contributed by atoms with Crippen LogP contribution in [0.15, 0.2) is 60.7 Å². The number of benzene rings is 3. The van der Waals surface area contributed by atoms with Gasteiger partial charge < -0.3 is 5.32 Å². The molecule has 0 aliphatic carbocycles. The van der Waals surface area contributed by atoms with Crippen molar-refractivity contribution in [1.82, 2.24) is 4.98 Å². The summed E-state index contributed by atoms with van der Waals surface area (Å²) >= 11 is 12.1. The molecule has 0 radical (unpaired) electrons. The predicted octanol–water partition coefficient (Wildman–Crippen LogP) is 8.10. The third-order valence-electron chi connectivity index (χ3n) is 5.17. The van der Waals surface area contributed by atoms with Crippen LogP contribution in [0, 0.1) is 13.8 Å². The number of nitrogens with zero attached hydrogens (tertiary/aromatic N) is 1. The number of alkyl halides is 3. The minimum absolute atomic E-state index is 0.00000231. The van der Waals surface area contributed by atoms with Gasteiger partial charge in [-0.3, -0.25) is 4.79 Å². The van der Waals surface area contributed by atoms with Gasteiger partial charge in [-0.25, -0.2) is 4.98 Å². The number of amides is 1. The average molecular weight is 489 g/mol. The first-order chi connectivity index (χ1) is 15.5. The third-order valence-corrected chi connectivity index (χ3v) is 5.76. The summed E-state index contributed by atoms with van der Waals surface area (Å²) in [4.78, 5) is 18.0. The highest BCUT2D eigenvalue weighted by Crippen LogP contribution is 2.35. The minimum atomic E-state index is -4.57. The van der Waals surface area contributed by atoms with Crippen molar-refractivity contribution in [2.75, 3.05) is 5.32 Å². The molecule has 1 amide bonds. The van der Waals surface area contributed by atoms with Crippen molar-refractivity contribution in [3.63, 3.8) is 0 Å². The fourth-order valence-electron chi connectivity index (χ4n) is 3.62. The topological polar surface area (TPSA) is 42.0 Å². The summed E-state index contributed by atoms with van der Waals surface area (Å²) in [6.45, 7) is 3.78. The second-order valence-corrected chi connectivity index (χ2v) is 8.53. The van der Waals surface area contributed by atoms with Crippen molar-refractivity contribution in [2.45, 2.75) is 20.0 Å². The van der Waals surface area contributed by atoms with Gasteiger partial charge in [-0.2, -0.15) is 13.2 Å². The van der Waals surface area contributed by atoms with E-state index in [1.165, 1.54) is 0 Å². The molecule has 8 heteroatoms. The van der Waals surface area contributed by atoms with Crippen molar-refractivity contribution in [1.29, 1.82) is 0 Å². The molecule has 0 aliphatic rings. The van der Waals surface area contributed by atoms with Gasteiger partial charge in [-0.05, 0) is 61.9 Å². The van der Waals surface area contributed by atoms with Gasteiger partial charge in [0.05, 0.1) is 33.0 Å². The molecule has 0 saturated heterocycles. The SMILES string of the molecule is Cc1cc(C)c2nc(-c3ccc(Cl)cc3)cc(C(=O)Nc3cc(C(F)(F)F)ccc3Cl)c2c1. The molecule has 1 N–H and O–H groups in total. The van der Waals surface area contributed by atoms with Crippen LogP contribution in [0.5, 0.6) is 0 Å². The lowest BCUT2D eigenvalue weighted by Crippen LogP contribution is -2.15. The molecule has 0 bridgehead atoms. The van der Waals surface area contributed by atoms with E-state index in [9.17, 15) is 18.0 Å². The molecule has 0 unspecified atom stereocenters. The lowest BCUT2D eigenvalue weighted by atomic mass is 9.99. The van der Waals surface area contributed by atoms with Crippen LogP contribution < -0.4 is 5.32 Å². The number of pyridine rings is 1. The van der Waals surface area contributed by atoms with E-state index in [0.29, 0.717) is 21.6 Å². The smallest absolute Gasteiger partial charge is 0.321 e. The predicted molar refractivity (Wildman–Crippen MR) is 126 cm³/mol. The number of carbonyl (C=O) groups is 1. The van der Waals surface area contributed by atoms with E-state index in [1.54, 1.807) is 30.3 Å². The molecular formula is C25H17Cl2F3N2O. The Morgan fingerprint density at radius 2 is 1.64 bits per heavy atom. The zero-order chi connectivity index (χ0) is 23.9. The number of rotatable bonds is 3. The number of anilines is 1. The summed E-state index contributed by atoms with van der Waals surface area (Å²) in [5, 5.41) is 3.69. The number of nitrogens with one attached hydrogen (secondary N) is 1. The monoisotopic (exact) mass is 488 g/mol. The molecule has 3 aromatic carbocycles. The van der Waals surface area contributed by atoms with Crippen molar-refractivity contribution in [3.05, 3.63) is 93.0 Å². The summed E-state index contributed by atoms with van der Waals surface area (Å²) < 4.78 is 39.5. The lowest BCUT2D eigenvalue weighted by molar-refractivity contribution is -0.137. The largest absolute Gasteiger partial charge is 0.416 e. The molecule has 168 valence electrons. The van der Waals surface area contributed by atoms with Gasteiger partial charge >= 0.3 is 6.18 Å². The highest BCUT2D eigenvalue weighted by Gasteiger charge is 2.31. The fraction of sp³-hybridized carbons (Fsp3) is 0.120. The van der Waals surface area contributed by atoms with Crippen molar-refractivity contribution < 1.29 is 18.0 Å². The van der Waals surface area contributed by atoms with Crippen LogP contribution in [-0.4, -0.2) is 10.9 Å². The van der Waals surface area contributed by atoms with Gasteiger partial charge in [0, 0.05) is 16.0 Å². The Balaban J connectivity index is 1.85. The number of halogens is 5. The van der Waals surface area contributed by atoms with E-state index in [-0.39, 0.29) is 16.3 Å². The summed E-state index contributed by atoms with van der Waals surface area (Å²) in [6, 6.07) is 15.2. The zero-order valence-corrected chi connectivity index (χ0v) is 19.0. The second-order valence-electron chi connectivity index (χ2n) is 7.69.